The summed E-state index contributed by atoms with van der Waals surface area (Å²) in [5, 5.41) is 0.612. The van der Waals surface area contributed by atoms with Crippen LogP contribution in [0.15, 0.2) is 33.9 Å². The van der Waals surface area contributed by atoms with E-state index < -0.39 is 17.0 Å². The SMILES string of the molecule is CCN(CC(=O)c1c(N)n(CCOC)c(=O)[nH]c1=O)Cc1cccc(Cl)c1. The number of ketones is 1. The fourth-order valence-corrected chi connectivity index (χ4v) is 2.93. The number of hydrogen-bond acceptors (Lipinski definition) is 6. The third-order valence-electron chi connectivity index (χ3n) is 4.15. The summed E-state index contributed by atoms with van der Waals surface area (Å²) in [6, 6.07) is 7.34. The first-order chi connectivity index (χ1) is 12.9. The second-order valence-electron chi connectivity index (χ2n) is 6.02. The van der Waals surface area contributed by atoms with Crippen LogP contribution in [0.1, 0.15) is 22.8 Å². The van der Waals surface area contributed by atoms with Gasteiger partial charge in [-0.05, 0) is 24.2 Å². The van der Waals surface area contributed by atoms with Crippen molar-refractivity contribution in [2.75, 3.05) is 32.5 Å². The molecule has 8 nitrogen and oxygen atoms in total. The minimum atomic E-state index is -0.782. The second kappa shape index (κ2) is 9.50. The Balaban J connectivity index is 2.25. The molecule has 0 aliphatic carbocycles. The molecular formula is C18H23ClN4O4. The third kappa shape index (κ3) is 5.29. The van der Waals surface area contributed by atoms with Crippen LogP contribution < -0.4 is 17.0 Å². The van der Waals surface area contributed by atoms with Crippen LogP contribution >= 0.6 is 11.6 Å². The Labute approximate surface area is 161 Å². The highest BCUT2D eigenvalue weighted by Gasteiger charge is 2.21. The summed E-state index contributed by atoms with van der Waals surface area (Å²) in [5.41, 5.74) is 5.23. The minimum Gasteiger partial charge on any atom is -0.384 e. The van der Waals surface area contributed by atoms with Crippen molar-refractivity contribution in [2.24, 2.45) is 0 Å². The van der Waals surface area contributed by atoms with Gasteiger partial charge in [-0.2, -0.15) is 0 Å². The van der Waals surface area contributed by atoms with Crippen LogP contribution in [-0.4, -0.2) is 47.0 Å². The van der Waals surface area contributed by atoms with Gasteiger partial charge in [0.2, 0.25) is 0 Å². The number of methoxy groups -OCH3 is 1. The molecule has 0 aliphatic heterocycles. The number of benzene rings is 1. The van der Waals surface area contributed by atoms with Gasteiger partial charge >= 0.3 is 5.69 Å². The van der Waals surface area contributed by atoms with Crippen molar-refractivity contribution in [1.82, 2.24) is 14.5 Å². The first-order valence-corrected chi connectivity index (χ1v) is 8.86. The highest BCUT2D eigenvalue weighted by Crippen LogP contribution is 2.13. The van der Waals surface area contributed by atoms with Crippen LogP contribution in [-0.2, 0) is 17.8 Å². The van der Waals surface area contributed by atoms with E-state index in [4.69, 9.17) is 22.1 Å². The summed E-state index contributed by atoms with van der Waals surface area (Å²) in [7, 11) is 1.48. The largest absolute Gasteiger partial charge is 0.384 e. The molecule has 0 aliphatic rings. The number of carbonyl (C=O) groups excluding carboxylic acids is 1. The number of nitrogens with one attached hydrogen (secondary N) is 1. The summed E-state index contributed by atoms with van der Waals surface area (Å²) in [4.78, 5) is 40.8. The molecule has 2 aromatic rings. The average Bonchev–Trinajstić information content (AvgIpc) is 2.60. The van der Waals surface area contributed by atoms with Crippen molar-refractivity contribution in [3.8, 4) is 0 Å². The predicted octanol–water partition coefficient (Wildman–Crippen LogP) is 1.12. The number of nitrogens with two attached hydrogens (primary N) is 1. The zero-order valence-electron chi connectivity index (χ0n) is 15.3. The molecule has 0 saturated carbocycles. The standard InChI is InChI=1S/C18H23ClN4O4/c1-3-22(10-12-5-4-6-13(19)9-12)11-14(24)15-16(20)23(7-8-27-2)18(26)21-17(15)25/h4-6,9H,3,7-8,10-11,20H2,1-2H3,(H,21,25,26). The molecular weight excluding hydrogens is 372 g/mol. The van der Waals surface area contributed by atoms with Crippen molar-refractivity contribution in [2.45, 2.75) is 20.0 Å². The number of ether oxygens (including phenoxy) is 1. The number of halogens is 1. The molecule has 3 N–H and O–H groups in total. The number of aromatic amines is 1. The minimum absolute atomic E-state index is 0.0151. The molecule has 9 heteroatoms. The lowest BCUT2D eigenvalue weighted by molar-refractivity contribution is 0.0927. The summed E-state index contributed by atoms with van der Waals surface area (Å²) in [6.07, 6.45) is 0. The fraction of sp³-hybridized carbons (Fsp3) is 0.389. The second-order valence-corrected chi connectivity index (χ2v) is 6.46. The van der Waals surface area contributed by atoms with Crippen LogP contribution in [0.25, 0.3) is 0 Å². The smallest absolute Gasteiger partial charge is 0.330 e. The lowest BCUT2D eigenvalue weighted by atomic mass is 10.1. The van der Waals surface area contributed by atoms with E-state index in [1.165, 1.54) is 7.11 Å². The van der Waals surface area contributed by atoms with Crippen LogP contribution in [0, 0.1) is 0 Å². The van der Waals surface area contributed by atoms with Crippen molar-refractivity contribution in [3.05, 3.63) is 61.3 Å². The fourth-order valence-electron chi connectivity index (χ4n) is 2.72. The Hall–Kier alpha value is -2.42. The van der Waals surface area contributed by atoms with Crippen molar-refractivity contribution in [3.63, 3.8) is 0 Å². The molecule has 1 aromatic carbocycles. The van der Waals surface area contributed by atoms with E-state index in [9.17, 15) is 14.4 Å². The summed E-state index contributed by atoms with van der Waals surface area (Å²) >= 11 is 6.00. The van der Waals surface area contributed by atoms with Gasteiger partial charge < -0.3 is 10.5 Å². The quantitative estimate of drug-likeness (QED) is 0.617. The maximum atomic E-state index is 12.7. The van der Waals surface area contributed by atoms with E-state index >= 15 is 0 Å². The van der Waals surface area contributed by atoms with E-state index in [-0.39, 0.29) is 31.1 Å². The van der Waals surface area contributed by atoms with E-state index in [0.29, 0.717) is 18.1 Å². The number of Topliss-reactive ketones (excluding diaryl/α,β-unsaturated/α-hetero) is 1. The lowest BCUT2D eigenvalue weighted by Gasteiger charge is -2.20. The van der Waals surface area contributed by atoms with Gasteiger partial charge in [-0.3, -0.25) is 24.0 Å². The van der Waals surface area contributed by atoms with E-state index in [0.717, 1.165) is 10.1 Å². The third-order valence-corrected chi connectivity index (χ3v) is 4.38. The first kappa shape index (κ1) is 20.9. The molecule has 2 rings (SSSR count). The predicted molar refractivity (Wildman–Crippen MR) is 104 cm³/mol. The number of carbonyl (C=O) groups is 1. The van der Waals surface area contributed by atoms with E-state index in [2.05, 4.69) is 4.98 Å². The van der Waals surface area contributed by atoms with Gasteiger partial charge in [0, 0.05) is 18.7 Å². The Morgan fingerprint density at radius 3 is 2.74 bits per heavy atom. The molecule has 0 atom stereocenters. The molecule has 0 spiro atoms. The zero-order chi connectivity index (χ0) is 20.0. The van der Waals surface area contributed by atoms with Gasteiger partial charge in [-0.25, -0.2) is 4.79 Å². The number of H-pyrrole nitrogens is 1. The number of anilines is 1. The van der Waals surface area contributed by atoms with Crippen LogP contribution in [0.5, 0.6) is 0 Å². The molecule has 0 radical (unpaired) electrons. The van der Waals surface area contributed by atoms with Crippen molar-refractivity contribution < 1.29 is 9.53 Å². The number of nitrogens with zero attached hydrogens (tertiary/aromatic N) is 2. The highest BCUT2D eigenvalue weighted by atomic mass is 35.5. The Bertz CT molecular complexity index is 922. The summed E-state index contributed by atoms with van der Waals surface area (Å²) < 4.78 is 6.06. The molecule has 1 heterocycles. The Kier molecular flexibility index (Phi) is 7.35. The molecule has 0 unspecified atom stereocenters. The molecule has 1 aromatic heterocycles. The van der Waals surface area contributed by atoms with Gasteiger partial charge in [0.05, 0.1) is 19.7 Å². The Morgan fingerprint density at radius 1 is 1.37 bits per heavy atom. The molecule has 0 amide bonds. The molecule has 0 fully saturated rings. The topological polar surface area (TPSA) is 110 Å². The van der Waals surface area contributed by atoms with Gasteiger partial charge in [0.25, 0.3) is 5.56 Å². The van der Waals surface area contributed by atoms with Gasteiger partial charge in [0.15, 0.2) is 5.78 Å². The van der Waals surface area contributed by atoms with Gasteiger partial charge in [-0.1, -0.05) is 30.7 Å². The maximum Gasteiger partial charge on any atom is 0.330 e. The summed E-state index contributed by atoms with van der Waals surface area (Å²) in [6.45, 7) is 3.32. The van der Waals surface area contributed by atoms with Crippen LogP contribution in [0.3, 0.4) is 0 Å². The number of nitrogen functional groups attached to an aromatic ring is 1. The molecule has 27 heavy (non-hydrogen) atoms. The molecule has 146 valence electrons. The van der Waals surface area contributed by atoms with Crippen LogP contribution in [0.4, 0.5) is 5.82 Å². The Morgan fingerprint density at radius 2 is 2.11 bits per heavy atom. The number of rotatable bonds is 9. The lowest BCUT2D eigenvalue weighted by Crippen LogP contribution is -2.39. The monoisotopic (exact) mass is 394 g/mol. The average molecular weight is 395 g/mol. The summed E-state index contributed by atoms with van der Waals surface area (Å²) in [5.74, 6) is -0.603. The number of hydrogen-bond donors (Lipinski definition) is 2. The van der Waals surface area contributed by atoms with Gasteiger partial charge in [-0.15, -0.1) is 0 Å². The zero-order valence-corrected chi connectivity index (χ0v) is 16.1. The first-order valence-electron chi connectivity index (χ1n) is 8.48. The maximum absolute atomic E-state index is 12.7. The molecule has 0 bridgehead atoms. The molecule has 0 saturated heterocycles. The number of aromatic nitrogens is 2. The van der Waals surface area contributed by atoms with Crippen molar-refractivity contribution in [1.29, 1.82) is 0 Å². The van der Waals surface area contributed by atoms with Gasteiger partial charge in [0.1, 0.15) is 11.4 Å². The highest BCUT2D eigenvalue weighted by molar-refractivity contribution is 6.30. The number of likely N-dealkylation sites (N-methyl/N-ethyl adjacent to an activating group) is 1. The normalized spacial score (nSPS) is 11.1. The van der Waals surface area contributed by atoms with Crippen LogP contribution in [0.2, 0.25) is 5.02 Å². The van der Waals surface area contributed by atoms with Crippen molar-refractivity contribution >= 4 is 23.2 Å². The van der Waals surface area contributed by atoms with E-state index in [1.807, 2.05) is 30.0 Å². The van der Waals surface area contributed by atoms with E-state index in [1.54, 1.807) is 6.07 Å².